The van der Waals surface area contributed by atoms with Crippen LogP contribution in [0.4, 0.5) is 4.79 Å². The average molecular weight is 297 g/mol. The minimum Gasteiger partial charge on any atom is -0.444 e. The van der Waals surface area contributed by atoms with Crippen molar-refractivity contribution in [1.29, 1.82) is 0 Å². The summed E-state index contributed by atoms with van der Waals surface area (Å²) in [5, 5.41) is 0. The van der Waals surface area contributed by atoms with E-state index in [1.54, 1.807) is 0 Å². The van der Waals surface area contributed by atoms with Gasteiger partial charge in [0, 0.05) is 51.4 Å². The molecule has 5 heteroatoms. The van der Waals surface area contributed by atoms with Gasteiger partial charge in [0.15, 0.2) is 0 Å². The average Bonchev–Trinajstić information content (AvgIpc) is 2.86. The van der Waals surface area contributed by atoms with Crippen LogP contribution in [-0.2, 0) is 4.74 Å². The molecule has 1 atom stereocenters. The number of hydrogen-bond donors (Lipinski definition) is 0. The Kier molecular flexibility index (Phi) is 5.15. The van der Waals surface area contributed by atoms with Crippen LogP contribution in [0.15, 0.2) is 0 Å². The molecule has 0 aromatic rings. The maximum absolute atomic E-state index is 12.1. The van der Waals surface area contributed by atoms with E-state index < -0.39 is 5.60 Å². The highest BCUT2D eigenvalue weighted by Gasteiger charge is 2.34. The van der Waals surface area contributed by atoms with Crippen molar-refractivity contribution >= 4 is 6.09 Å². The van der Waals surface area contributed by atoms with Crippen molar-refractivity contribution in [3.63, 3.8) is 0 Å². The summed E-state index contributed by atoms with van der Waals surface area (Å²) in [6, 6.07) is 1.14. The number of amides is 1. The van der Waals surface area contributed by atoms with E-state index in [-0.39, 0.29) is 6.09 Å². The summed E-state index contributed by atoms with van der Waals surface area (Å²) in [4.78, 5) is 19.0. The third kappa shape index (κ3) is 4.58. The molecule has 2 aliphatic rings. The highest BCUT2D eigenvalue weighted by atomic mass is 16.6. The van der Waals surface area contributed by atoms with Gasteiger partial charge in [0.2, 0.25) is 0 Å². The number of rotatable bonds is 2. The Hall–Kier alpha value is -0.810. The Morgan fingerprint density at radius 1 is 1.10 bits per heavy atom. The Bertz CT molecular complexity index is 357. The second kappa shape index (κ2) is 6.53. The fourth-order valence-electron chi connectivity index (χ4n) is 3.15. The highest BCUT2D eigenvalue weighted by molar-refractivity contribution is 5.68. The fraction of sp³-hybridized carbons (Fsp3) is 0.938. The number of carbonyl (C=O) groups is 1. The van der Waals surface area contributed by atoms with Gasteiger partial charge in [-0.1, -0.05) is 0 Å². The molecule has 2 fully saturated rings. The molecular weight excluding hydrogens is 266 g/mol. The van der Waals surface area contributed by atoms with Gasteiger partial charge < -0.3 is 9.64 Å². The molecule has 0 unspecified atom stereocenters. The van der Waals surface area contributed by atoms with Crippen LogP contribution < -0.4 is 0 Å². The van der Waals surface area contributed by atoms with E-state index in [0.29, 0.717) is 12.1 Å². The van der Waals surface area contributed by atoms with Gasteiger partial charge in [-0.3, -0.25) is 9.80 Å². The van der Waals surface area contributed by atoms with Crippen molar-refractivity contribution in [2.24, 2.45) is 0 Å². The number of likely N-dealkylation sites (tertiary alicyclic amines) is 1. The van der Waals surface area contributed by atoms with Crippen LogP contribution in [0.1, 0.15) is 41.0 Å². The summed E-state index contributed by atoms with van der Waals surface area (Å²) in [5.74, 6) is 0. The summed E-state index contributed by atoms with van der Waals surface area (Å²) in [6.07, 6.45) is 0.909. The van der Waals surface area contributed by atoms with E-state index in [0.717, 1.165) is 45.7 Å². The third-order valence-corrected chi connectivity index (χ3v) is 4.41. The first kappa shape index (κ1) is 16.6. The lowest BCUT2D eigenvalue weighted by Crippen LogP contribution is -2.52. The fourth-order valence-corrected chi connectivity index (χ4v) is 3.15. The van der Waals surface area contributed by atoms with E-state index in [9.17, 15) is 4.79 Å². The predicted octanol–water partition coefficient (Wildman–Crippen LogP) is 2.02. The third-order valence-electron chi connectivity index (χ3n) is 4.41. The van der Waals surface area contributed by atoms with Crippen molar-refractivity contribution < 1.29 is 9.53 Å². The second-order valence-corrected chi connectivity index (χ2v) is 7.53. The molecule has 0 saturated carbocycles. The standard InChI is InChI=1S/C16H31N3O2/c1-13(2)17-8-10-18(11-9-17)14-6-7-19(12-14)15(20)21-16(3,4)5/h13-14H,6-12H2,1-5H3/t14-/m1/s1. The number of carbonyl (C=O) groups excluding carboxylic acids is 1. The first-order chi connectivity index (χ1) is 9.76. The van der Waals surface area contributed by atoms with Crippen molar-refractivity contribution in [3.8, 4) is 0 Å². The molecule has 5 nitrogen and oxygen atoms in total. The topological polar surface area (TPSA) is 36.0 Å². The summed E-state index contributed by atoms with van der Waals surface area (Å²) in [7, 11) is 0. The van der Waals surface area contributed by atoms with Crippen LogP contribution in [-0.4, -0.2) is 77.7 Å². The quantitative estimate of drug-likeness (QED) is 0.781. The number of nitrogens with zero attached hydrogens (tertiary/aromatic N) is 3. The van der Waals surface area contributed by atoms with E-state index in [1.165, 1.54) is 0 Å². The number of hydrogen-bond acceptors (Lipinski definition) is 4. The Morgan fingerprint density at radius 2 is 1.71 bits per heavy atom. The Labute approximate surface area is 129 Å². The zero-order valence-corrected chi connectivity index (χ0v) is 14.3. The summed E-state index contributed by atoms with van der Waals surface area (Å²) < 4.78 is 5.47. The predicted molar refractivity (Wildman–Crippen MR) is 84.5 cm³/mol. The second-order valence-electron chi connectivity index (χ2n) is 7.53. The SMILES string of the molecule is CC(C)N1CCN([C@@H]2CCN(C(=O)OC(C)(C)C)C2)CC1. The smallest absolute Gasteiger partial charge is 0.410 e. The summed E-state index contributed by atoms with van der Waals surface area (Å²) >= 11 is 0. The van der Waals surface area contributed by atoms with Gasteiger partial charge in [0.1, 0.15) is 5.60 Å². The first-order valence-corrected chi connectivity index (χ1v) is 8.22. The molecule has 122 valence electrons. The molecule has 0 N–H and O–H groups in total. The molecule has 0 aromatic carbocycles. The van der Waals surface area contributed by atoms with Crippen molar-refractivity contribution in [2.75, 3.05) is 39.3 Å². The summed E-state index contributed by atoms with van der Waals surface area (Å²) in [6.45, 7) is 16.4. The molecule has 0 aliphatic carbocycles. The van der Waals surface area contributed by atoms with Gasteiger partial charge >= 0.3 is 6.09 Å². The first-order valence-electron chi connectivity index (χ1n) is 8.22. The maximum atomic E-state index is 12.1. The molecule has 2 saturated heterocycles. The molecule has 1 amide bonds. The van der Waals surface area contributed by atoms with Gasteiger partial charge in [-0.15, -0.1) is 0 Å². The number of ether oxygens (including phenoxy) is 1. The normalized spacial score (nSPS) is 25.6. The van der Waals surface area contributed by atoms with E-state index in [2.05, 4.69) is 23.6 Å². The highest BCUT2D eigenvalue weighted by Crippen LogP contribution is 2.20. The lowest BCUT2D eigenvalue weighted by Gasteiger charge is -2.39. The molecule has 2 rings (SSSR count). The van der Waals surface area contributed by atoms with Gasteiger partial charge in [-0.25, -0.2) is 4.79 Å². The lowest BCUT2D eigenvalue weighted by atomic mass is 10.1. The molecule has 2 heterocycles. The van der Waals surface area contributed by atoms with Crippen LogP contribution in [0.3, 0.4) is 0 Å². The zero-order chi connectivity index (χ0) is 15.6. The molecular formula is C16H31N3O2. The van der Waals surface area contributed by atoms with Crippen molar-refractivity contribution in [3.05, 3.63) is 0 Å². The minimum atomic E-state index is -0.405. The van der Waals surface area contributed by atoms with E-state index in [4.69, 9.17) is 4.74 Å². The van der Waals surface area contributed by atoms with Crippen LogP contribution in [0, 0.1) is 0 Å². The molecule has 2 aliphatic heterocycles. The molecule has 21 heavy (non-hydrogen) atoms. The number of piperazine rings is 1. The van der Waals surface area contributed by atoms with Crippen LogP contribution in [0.5, 0.6) is 0 Å². The Morgan fingerprint density at radius 3 is 2.24 bits per heavy atom. The van der Waals surface area contributed by atoms with E-state index >= 15 is 0 Å². The molecule has 0 spiro atoms. The molecule has 0 bridgehead atoms. The lowest BCUT2D eigenvalue weighted by molar-refractivity contribution is 0.0265. The van der Waals surface area contributed by atoms with Crippen LogP contribution >= 0.6 is 0 Å². The minimum absolute atomic E-state index is 0.161. The van der Waals surface area contributed by atoms with Gasteiger partial charge in [-0.05, 0) is 41.0 Å². The van der Waals surface area contributed by atoms with Crippen LogP contribution in [0.2, 0.25) is 0 Å². The van der Waals surface area contributed by atoms with Crippen LogP contribution in [0.25, 0.3) is 0 Å². The van der Waals surface area contributed by atoms with Crippen molar-refractivity contribution in [2.45, 2.75) is 58.7 Å². The zero-order valence-electron chi connectivity index (χ0n) is 14.3. The summed E-state index contributed by atoms with van der Waals surface area (Å²) in [5.41, 5.74) is -0.405. The van der Waals surface area contributed by atoms with Crippen molar-refractivity contribution in [1.82, 2.24) is 14.7 Å². The molecule has 0 radical (unpaired) electrons. The van der Waals surface area contributed by atoms with E-state index in [1.807, 2.05) is 25.7 Å². The van der Waals surface area contributed by atoms with Gasteiger partial charge in [0.05, 0.1) is 0 Å². The van der Waals surface area contributed by atoms with Gasteiger partial charge in [-0.2, -0.15) is 0 Å². The van der Waals surface area contributed by atoms with Gasteiger partial charge in [0.25, 0.3) is 0 Å². The maximum Gasteiger partial charge on any atom is 0.410 e. The largest absolute Gasteiger partial charge is 0.444 e. The molecule has 0 aromatic heterocycles. The monoisotopic (exact) mass is 297 g/mol. The Balaban J connectivity index is 1.79.